The van der Waals surface area contributed by atoms with Crippen LogP contribution in [0.4, 0.5) is 0 Å². The number of hydrogen-bond acceptors (Lipinski definition) is 22. The number of allylic oxidation sites excluding steroid dienone is 1. The summed E-state index contributed by atoms with van der Waals surface area (Å²) in [7, 11) is 1.72. The molecule has 1 unspecified atom stereocenters. The fourth-order valence-corrected chi connectivity index (χ4v) is 15.2. The predicted molar refractivity (Wildman–Crippen MR) is 254 cm³/mol. The van der Waals surface area contributed by atoms with Gasteiger partial charge in [0.1, 0.15) is 85.5 Å². The standard InChI is InChI=1S/C52H86O22/c1-21(20-66-46-41(62)40(61)36(57)31(18-53)70-46)10-15-52(65-7)22(2)33-30(74-52)17-29-27-9-8-25-16-26(11-13-50(25,5)28(27)12-14-51(29,33)6)69-49-45(73-48-43(64)39(60)35(56)24(4)68-48)44(37(58)32(19-54)71-49)72-47-42(63)38(59)34(55)23(3)67-47/h8,21-24,26-49,53-64H,9-20H2,1-7H3/t21-,22-,23-,24-,26-,27+,28-,29-,30-,31+,32+,33-,34-,35-,36+,37+,38+,39+,40-,41+,42+,43+,44-,45+,46+,47-,48-,49+,50-,51-,52?/m0/s1. The average Bonchev–Trinajstić information content (AvgIpc) is 3.84. The molecular weight excluding hydrogens is 977 g/mol. The van der Waals surface area contributed by atoms with E-state index in [4.69, 9.17) is 47.4 Å². The van der Waals surface area contributed by atoms with E-state index in [9.17, 15) is 61.3 Å². The monoisotopic (exact) mass is 1060 g/mol. The normalized spacial score (nSPS) is 54.9. The van der Waals surface area contributed by atoms with Crippen molar-refractivity contribution in [2.75, 3.05) is 26.9 Å². The molecule has 9 rings (SSSR count). The molecule has 12 N–H and O–H groups in total. The highest BCUT2D eigenvalue weighted by molar-refractivity contribution is 5.26. The average molecular weight is 1060 g/mol. The van der Waals surface area contributed by atoms with Crippen LogP contribution in [0.1, 0.15) is 99.3 Å². The topological polar surface area (TPSA) is 335 Å². The maximum absolute atomic E-state index is 11.6. The number of rotatable bonds is 15. The molecule has 0 bridgehead atoms. The molecule has 0 amide bonds. The van der Waals surface area contributed by atoms with Crippen LogP contribution in [0.5, 0.6) is 0 Å². The van der Waals surface area contributed by atoms with Crippen LogP contribution in [0.2, 0.25) is 0 Å². The molecule has 8 fully saturated rings. The van der Waals surface area contributed by atoms with Crippen molar-refractivity contribution in [2.45, 2.75) is 240 Å². The second-order valence-electron chi connectivity index (χ2n) is 24.0. The fourth-order valence-electron chi connectivity index (χ4n) is 15.2. The van der Waals surface area contributed by atoms with Crippen molar-refractivity contribution in [3.63, 3.8) is 0 Å². The maximum atomic E-state index is 11.6. The molecule has 0 aromatic heterocycles. The molecule has 0 radical (unpaired) electrons. The Hall–Kier alpha value is -1.14. The van der Waals surface area contributed by atoms with Crippen LogP contribution in [0.15, 0.2) is 11.6 Å². The third-order valence-electron chi connectivity index (χ3n) is 19.8. The summed E-state index contributed by atoms with van der Waals surface area (Å²) in [6.07, 6.45) is -19.7. The smallest absolute Gasteiger partial charge is 0.187 e. The SMILES string of the molecule is COC1(CC[C@H](C)CO[C@@H]2O[C@H](CO)[C@@H](O)[C@H](O)[C@H]2O)O[C@H]2C[C@H]3[C@@H]4CC=C5C[C@@H](O[C@@H]6O[C@H](CO)[C@@H](O)[C@H](O[C@@H]7O[C@@H](C)[C@H](O)[C@@H](O)[C@H]7O)[C@H]6O[C@@H]6O[C@@H](C)[C@H](O)[C@@H](O)[C@H]6O)CC[C@]5(C)[C@H]4CC[C@]3(C)[C@H]2[C@@H]1C. The third-order valence-corrected chi connectivity index (χ3v) is 19.8. The Bertz CT molecular complexity index is 1920. The highest BCUT2D eigenvalue weighted by atomic mass is 16.8. The van der Waals surface area contributed by atoms with Crippen LogP contribution in [-0.4, -0.2) is 229 Å². The first kappa shape index (κ1) is 57.5. The second-order valence-corrected chi connectivity index (χ2v) is 24.0. The minimum Gasteiger partial charge on any atom is -0.394 e. The van der Waals surface area contributed by atoms with Crippen LogP contribution >= 0.6 is 0 Å². The summed E-state index contributed by atoms with van der Waals surface area (Å²) < 4.78 is 61.9. The van der Waals surface area contributed by atoms with E-state index in [1.54, 1.807) is 7.11 Å². The van der Waals surface area contributed by atoms with Crippen molar-refractivity contribution in [3.8, 4) is 0 Å². The Balaban J connectivity index is 0.868. The Morgan fingerprint density at radius 1 is 0.649 bits per heavy atom. The van der Waals surface area contributed by atoms with E-state index in [0.717, 1.165) is 32.1 Å². The van der Waals surface area contributed by atoms with E-state index < -0.39 is 148 Å². The molecule has 0 aromatic carbocycles. The van der Waals surface area contributed by atoms with Gasteiger partial charge in [-0.05, 0) is 106 Å². The summed E-state index contributed by atoms with van der Waals surface area (Å²) in [5.74, 6) is 0.851. The van der Waals surface area contributed by atoms with Crippen molar-refractivity contribution in [2.24, 2.45) is 46.3 Å². The summed E-state index contributed by atoms with van der Waals surface area (Å²) in [5.41, 5.74) is 1.17. The van der Waals surface area contributed by atoms with Crippen LogP contribution in [0.25, 0.3) is 0 Å². The molecule has 5 aliphatic heterocycles. The lowest BCUT2D eigenvalue weighted by Gasteiger charge is -2.58. The van der Waals surface area contributed by atoms with Gasteiger partial charge in [0.05, 0.1) is 44.2 Å². The van der Waals surface area contributed by atoms with Gasteiger partial charge in [-0.3, -0.25) is 0 Å². The fraction of sp³-hybridized carbons (Fsp3) is 0.962. The lowest BCUT2D eigenvalue weighted by molar-refractivity contribution is -0.393. The molecule has 0 spiro atoms. The number of hydrogen-bond donors (Lipinski definition) is 12. The molecule has 74 heavy (non-hydrogen) atoms. The lowest BCUT2D eigenvalue weighted by Crippen LogP contribution is -2.67. The summed E-state index contributed by atoms with van der Waals surface area (Å²) in [6, 6.07) is 0. The number of aliphatic hydroxyl groups excluding tert-OH is 12. The van der Waals surface area contributed by atoms with Gasteiger partial charge in [0.25, 0.3) is 0 Å². The Labute approximate surface area is 432 Å². The minimum absolute atomic E-state index is 0.00261. The van der Waals surface area contributed by atoms with E-state index >= 15 is 0 Å². The first-order chi connectivity index (χ1) is 35.0. The van der Waals surface area contributed by atoms with E-state index in [1.165, 1.54) is 19.4 Å². The first-order valence-corrected chi connectivity index (χ1v) is 27.2. The van der Waals surface area contributed by atoms with E-state index in [0.29, 0.717) is 43.4 Å². The molecule has 0 aromatic rings. The van der Waals surface area contributed by atoms with Crippen LogP contribution in [-0.2, 0) is 47.4 Å². The Morgan fingerprint density at radius 2 is 1.23 bits per heavy atom. The van der Waals surface area contributed by atoms with E-state index in [2.05, 4.69) is 26.8 Å². The number of methoxy groups -OCH3 is 1. The van der Waals surface area contributed by atoms with Crippen molar-refractivity contribution < 1.29 is 109 Å². The van der Waals surface area contributed by atoms with Crippen LogP contribution in [0, 0.1) is 46.3 Å². The largest absolute Gasteiger partial charge is 0.394 e. The quantitative estimate of drug-likeness (QED) is 0.0846. The second kappa shape index (κ2) is 22.4. The van der Waals surface area contributed by atoms with Gasteiger partial charge in [-0.1, -0.05) is 39.3 Å². The highest BCUT2D eigenvalue weighted by Gasteiger charge is 2.68. The molecule has 5 saturated heterocycles. The number of fused-ring (bicyclic) bond motifs is 7. The highest BCUT2D eigenvalue weighted by Crippen LogP contribution is 2.70. The number of ether oxygens (including phenoxy) is 10. The van der Waals surface area contributed by atoms with Crippen molar-refractivity contribution >= 4 is 0 Å². The van der Waals surface area contributed by atoms with Crippen LogP contribution < -0.4 is 0 Å². The minimum atomic E-state index is -1.77. The van der Waals surface area contributed by atoms with Gasteiger partial charge in [0, 0.05) is 19.4 Å². The van der Waals surface area contributed by atoms with Gasteiger partial charge in [0.2, 0.25) is 0 Å². The van der Waals surface area contributed by atoms with Gasteiger partial charge >= 0.3 is 0 Å². The Kier molecular flexibility index (Phi) is 17.4. The lowest BCUT2D eigenvalue weighted by atomic mass is 9.47. The molecule has 22 heteroatoms. The number of aliphatic hydroxyl groups is 12. The van der Waals surface area contributed by atoms with Crippen molar-refractivity contribution in [1.82, 2.24) is 0 Å². The third kappa shape index (κ3) is 10.1. The summed E-state index contributed by atoms with van der Waals surface area (Å²) in [4.78, 5) is 0. The van der Waals surface area contributed by atoms with Crippen LogP contribution in [0.3, 0.4) is 0 Å². The zero-order chi connectivity index (χ0) is 53.5. The molecule has 22 nitrogen and oxygen atoms in total. The van der Waals surface area contributed by atoms with Gasteiger partial charge in [-0.2, -0.15) is 0 Å². The summed E-state index contributed by atoms with van der Waals surface area (Å²) >= 11 is 0. The van der Waals surface area contributed by atoms with Gasteiger partial charge in [-0.25, -0.2) is 0 Å². The van der Waals surface area contributed by atoms with Crippen molar-refractivity contribution in [3.05, 3.63) is 11.6 Å². The zero-order valence-corrected chi connectivity index (χ0v) is 43.7. The molecule has 5 heterocycles. The van der Waals surface area contributed by atoms with Crippen molar-refractivity contribution in [1.29, 1.82) is 0 Å². The summed E-state index contributed by atoms with van der Waals surface area (Å²) in [5, 5.41) is 127. The molecule has 4 aliphatic carbocycles. The Morgan fingerprint density at radius 3 is 1.85 bits per heavy atom. The predicted octanol–water partition coefficient (Wildman–Crippen LogP) is -1.33. The zero-order valence-electron chi connectivity index (χ0n) is 43.7. The maximum Gasteiger partial charge on any atom is 0.187 e. The van der Waals surface area contributed by atoms with E-state index in [-0.39, 0.29) is 41.3 Å². The van der Waals surface area contributed by atoms with Gasteiger partial charge < -0.3 is 109 Å². The van der Waals surface area contributed by atoms with Gasteiger partial charge in [0.15, 0.2) is 30.9 Å². The first-order valence-electron chi connectivity index (χ1n) is 27.2. The molecule has 31 atom stereocenters. The van der Waals surface area contributed by atoms with Gasteiger partial charge in [-0.15, -0.1) is 0 Å². The molecule has 426 valence electrons. The molecule has 3 saturated carbocycles. The molecule has 9 aliphatic rings. The molecular formula is C52H86O22. The van der Waals surface area contributed by atoms with E-state index in [1.807, 2.05) is 6.92 Å². The summed E-state index contributed by atoms with van der Waals surface area (Å²) in [6.45, 7) is 11.1.